The van der Waals surface area contributed by atoms with Gasteiger partial charge in [0.05, 0.1) is 5.52 Å². The number of fused-ring (bicyclic) bond motifs is 3. The lowest BCUT2D eigenvalue weighted by atomic mass is 10.1. The maximum absolute atomic E-state index is 6.67. The second-order valence-corrected chi connectivity index (χ2v) is 10.9. The smallest absolute Gasteiger partial charge is 0.150 e. The third kappa shape index (κ3) is 6.19. The first-order valence-corrected chi connectivity index (χ1v) is 13.2. The zero-order chi connectivity index (χ0) is 26.0. The lowest BCUT2D eigenvalue weighted by molar-refractivity contribution is -0.00587. The van der Waals surface area contributed by atoms with Gasteiger partial charge >= 0.3 is 0 Å². The molecule has 0 aliphatic heterocycles. The second kappa shape index (κ2) is 11.3. The molecule has 2 unspecified atom stereocenters. The molecule has 3 aromatic rings. The molecule has 0 radical (unpaired) electrons. The molecule has 192 valence electrons. The predicted molar refractivity (Wildman–Crippen MR) is 149 cm³/mol. The minimum atomic E-state index is -0.0578. The number of benzene rings is 2. The molecule has 0 aliphatic carbocycles. The molecule has 0 spiro atoms. The van der Waals surface area contributed by atoms with Crippen molar-refractivity contribution in [3.63, 3.8) is 0 Å². The predicted octanol–water partition coefficient (Wildman–Crippen LogP) is 7.73. The summed E-state index contributed by atoms with van der Waals surface area (Å²) in [6.07, 6.45) is -0.112. The van der Waals surface area contributed by atoms with Gasteiger partial charge in [-0.1, -0.05) is 11.6 Å². The number of ether oxygens (including phenoxy) is 2. The van der Waals surface area contributed by atoms with Crippen molar-refractivity contribution in [1.29, 1.82) is 0 Å². The normalized spacial score (nSPS) is 14.3. The Morgan fingerprint density at radius 2 is 1.03 bits per heavy atom. The quantitative estimate of drug-likeness (QED) is 0.162. The highest BCUT2D eigenvalue weighted by Gasteiger charge is 2.23. The maximum Gasteiger partial charge on any atom is 0.150 e. The number of nitrogens with zero attached hydrogens (tertiary/aromatic N) is 3. The summed E-state index contributed by atoms with van der Waals surface area (Å²) in [6, 6.07) is 13.7. The Hall–Kier alpha value is -2.08. The van der Waals surface area contributed by atoms with Gasteiger partial charge in [0.2, 0.25) is 0 Å². The van der Waals surface area contributed by atoms with Gasteiger partial charge in [0.15, 0.2) is 0 Å². The van der Waals surface area contributed by atoms with E-state index in [1.165, 1.54) is 0 Å². The Balaban J connectivity index is 1.91. The van der Waals surface area contributed by atoms with Crippen LogP contribution < -0.4 is 9.47 Å². The average molecular weight is 500 g/mol. The van der Waals surface area contributed by atoms with Crippen molar-refractivity contribution in [1.82, 2.24) is 14.8 Å². The van der Waals surface area contributed by atoms with Crippen LogP contribution in [0.1, 0.15) is 69.2 Å². The zero-order valence-electron chi connectivity index (χ0n) is 23.0. The number of aromatic nitrogens is 1. The summed E-state index contributed by atoms with van der Waals surface area (Å²) in [5.74, 6) is 1.58. The topological polar surface area (TPSA) is 37.8 Å². The van der Waals surface area contributed by atoms with E-state index >= 15 is 0 Å². The van der Waals surface area contributed by atoms with Crippen molar-refractivity contribution in [2.45, 2.75) is 106 Å². The lowest BCUT2D eigenvalue weighted by Gasteiger charge is -2.36. The van der Waals surface area contributed by atoms with Gasteiger partial charge < -0.3 is 9.47 Å². The zero-order valence-corrected chi connectivity index (χ0v) is 23.7. The van der Waals surface area contributed by atoms with Gasteiger partial charge in [-0.15, -0.1) is 0 Å². The lowest BCUT2D eigenvalue weighted by Crippen LogP contribution is -2.46. The molecule has 0 aliphatic rings. The van der Waals surface area contributed by atoms with E-state index in [0.29, 0.717) is 29.3 Å². The standard InChI is InChI=1S/C29H42ClN3O2/c1-17(2)32(18(3)4)21(9)34-23-11-13-25-26-14-12-24(16-28(26)31-29(30)27(25)15-23)35-22(10)33(19(5)6)20(7)8/h11-22H,1-10H3. The van der Waals surface area contributed by atoms with Gasteiger partial charge in [0, 0.05) is 41.0 Å². The van der Waals surface area contributed by atoms with Crippen molar-refractivity contribution < 1.29 is 9.47 Å². The molecule has 0 N–H and O–H groups in total. The monoisotopic (exact) mass is 499 g/mol. The first kappa shape index (κ1) is 27.5. The van der Waals surface area contributed by atoms with Crippen LogP contribution in [0.4, 0.5) is 0 Å². The van der Waals surface area contributed by atoms with Gasteiger partial charge in [0.25, 0.3) is 0 Å². The van der Waals surface area contributed by atoms with Crippen molar-refractivity contribution in [2.24, 2.45) is 0 Å². The summed E-state index contributed by atoms with van der Waals surface area (Å²) in [5.41, 5.74) is 0.820. The number of pyridine rings is 1. The van der Waals surface area contributed by atoms with Crippen LogP contribution in [0.25, 0.3) is 21.7 Å². The van der Waals surface area contributed by atoms with E-state index in [4.69, 9.17) is 26.1 Å². The van der Waals surface area contributed by atoms with E-state index in [0.717, 1.165) is 33.2 Å². The van der Waals surface area contributed by atoms with Crippen LogP contribution in [0.15, 0.2) is 36.4 Å². The van der Waals surface area contributed by atoms with Crippen LogP contribution in [-0.2, 0) is 0 Å². The van der Waals surface area contributed by atoms with Crippen LogP contribution in [0.2, 0.25) is 5.15 Å². The molecule has 0 fully saturated rings. The van der Waals surface area contributed by atoms with E-state index in [1.54, 1.807) is 0 Å². The SMILES string of the molecule is CC(C)N(C(C)C)C(C)Oc1ccc2c(c1)nc(Cl)c1cc(OC(C)N(C(C)C)C(C)C)ccc12. The van der Waals surface area contributed by atoms with E-state index in [2.05, 4.69) is 91.2 Å². The molecule has 3 rings (SSSR count). The summed E-state index contributed by atoms with van der Waals surface area (Å²) in [6.45, 7) is 21.7. The Morgan fingerprint density at radius 3 is 1.49 bits per heavy atom. The van der Waals surface area contributed by atoms with Crippen LogP contribution in [-0.4, -0.2) is 51.4 Å². The van der Waals surface area contributed by atoms with E-state index in [9.17, 15) is 0 Å². The molecule has 2 atom stereocenters. The summed E-state index contributed by atoms with van der Waals surface area (Å²) in [7, 11) is 0. The number of hydrogen-bond donors (Lipinski definition) is 0. The Bertz CT molecular complexity index is 1130. The van der Waals surface area contributed by atoms with Crippen LogP contribution in [0.3, 0.4) is 0 Å². The highest BCUT2D eigenvalue weighted by atomic mass is 35.5. The van der Waals surface area contributed by atoms with E-state index in [-0.39, 0.29) is 12.5 Å². The molecular formula is C29H42ClN3O2. The Morgan fingerprint density at radius 1 is 0.600 bits per heavy atom. The summed E-state index contributed by atoms with van der Waals surface area (Å²) in [5, 5.41) is 3.44. The minimum absolute atomic E-state index is 0.0543. The fourth-order valence-electron chi connectivity index (χ4n) is 5.46. The molecule has 2 aromatic carbocycles. The second-order valence-electron chi connectivity index (χ2n) is 10.5. The summed E-state index contributed by atoms with van der Waals surface area (Å²) >= 11 is 6.67. The van der Waals surface area contributed by atoms with Crippen molar-refractivity contribution in [3.05, 3.63) is 41.6 Å². The largest absolute Gasteiger partial charge is 0.475 e. The van der Waals surface area contributed by atoms with Gasteiger partial charge in [0.1, 0.15) is 29.1 Å². The first-order valence-electron chi connectivity index (χ1n) is 12.8. The van der Waals surface area contributed by atoms with E-state index in [1.807, 2.05) is 24.3 Å². The highest BCUT2D eigenvalue weighted by Crippen LogP contribution is 2.34. The fraction of sp³-hybridized carbons (Fsp3) is 0.552. The van der Waals surface area contributed by atoms with E-state index < -0.39 is 0 Å². The molecule has 35 heavy (non-hydrogen) atoms. The molecular weight excluding hydrogens is 458 g/mol. The van der Waals surface area contributed by atoms with Crippen LogP contribution >= 0.6 is 11.6 Å². The molecule has 1 aromatic heterocycles. The Kier molecular flexibility index (Phi) is 8.90. The molecule has 1 heterocycles. The highest BCUT2D eigenvalue weighted by molar-refractivity contribution is 6.35. The van der Waals surface area contributed by atoms with Crippen LogP contribution in [0.5, 0.6) is 11.5 Å². The van der Waals surface area contributed by atoms with Gasteiger partial charge in [-0.3, -0.25) is 9.80 Å². The van der Waals surface area contributed by atoms with Crippen molar-refractivity contribution in [2.75, 3.05) is 0 Å². The number of hydrogen-bond acceptors (Lipinski definition) is 5. The fourth-order valence-corrected chi connectivity index (χ4v) is 5.71. The molecule has 0 saturated carbocycles. The van der Waals surface area contributed by atoms with Gasteiger partial charge in [-0.25, -0.2) is 4.98 Å². The van der Waals surface area contributed by atoms with Crippen molar-refractivity contribution in [3.8, 4) is 11.5 Å². The summed E-state index contributed by atoms with van der Waals surface area (Å²) < 4.78 is 12.6. The maximum atomic E-state index is 6.67. The van der Waals surface area contributed by atoms with Crippen LogP contribution in [0, 0.1) is 0 Å². The Labute approximate surface area is 216 Å². The number of halogens is 1. The number of rotatable bonds is 10. The minimum Gasteiger partial charge on any atom is -0.475 e. The third-order valence-electron chi connectivity index (χ3n) is 6.53. The molecule has 0 bridgehead atoms. The van der Waals surface area contributed by atoms with Crippen molar-refractivity contribution >= 4 is 33.3 Å². The molecule has 0 amide bonds. The average Bonchev–Trinajstić information content (AvgIpc) is 2.72. The third-order valence-corrected chi connectivity index (χ3v) is 6.82. The molecule has 0 saturated heterocycles. The molecule has 6 heteroatoms. The first-order chi connectivity index (χ1) is 16.4. The van der Waals surface area contributed by atoms with Gasteiger partial charge in [-0.2, -0.15) is 0 Å². The molecule has 5 nitrogen and oxygen atoms in total. The summed E-state index contributed by atoms with van der Waals surface area (Å²) in [4.78, 5) is 9.38. The van der Waals surface area contributed by atoms with Gasteiger partial charge in [-0.05, 0) is 105 Å².